The van der Waals surface area contributed by atoms with Crippen LogP contribution in [0.3, 0.4) is 0 Å². The van der Waals surface area contributed by atoms with Gasteiger partial charge in [-0.2, -0.15) is 4.98 Å². The summed E-state index contributed by atoms with van der Waals surface area (Å²) in [6, 6.07) is 14.3. The van der Waals surface area contributed by atoms with Crippen molar-refractivity contribution in [1.29, 1.82) is 0 Å². The molecule has 5 rings (SSSR count). The van der Waals surface area contributed by atoms with E-state index in [0.717, 1.165) is 50.3 Å². The van der Waals surface area contributed by atoms with E-state index in [1.807, 2.05) is 42.8 Å². The van der Waals surface area contributed by atoms with Crippen molar-refractivity contribution in [3.63, 3.8) is 0 Å². The number of benzene rings is 2. The van der Waals surface area contributed by atoms with Gasteiger partial charge in [0, 0.05) is 30.0 Å². The van der Waals surface area contributed by atoms with Gasteiger partial charge in [-0.15, -0.1) is 11.8 Å². The number of imidazole rings is 1. The zero-order valence-corrected chi connectivity index (χ0v) is 24.2. The van der Waals surface area contributed by atoms with Crippen LogP contribution in [0.1, 0.15) is 54.7 Å². The van der Waals surface area contributed by atoms with Gasteiger partial charge in [-0.3, -0.25) is 4.57 Å². The van der Waals surface area contributed by atoms with E-state index in [4.69, 9.17) is 14.7 Å². The predicted molar refractivity (Wildman–Crippen MR) is 159 cm³/mol. The van der Waals surface area contributed by atoms with Crippen LogP contribution in [0.4, 0.5) is 0 Å². The minimum atomic E-state index is -0.951. The number of allylic oxidation sites excluding steroid dienone is 1. The minimum Gasteiger partial charge on any atom is -0.478 e. The van der Waals surface area contributed by atoms with Crippen molar-refractivity contribution in [2.24, 2.45) is 29.8 Å². The van der Waals surface area contributed by atoms with Crippen molar-refractivity contribution < 1.29 is 14.6 Å². The van der Waals surface area contributed by atoms with E-state index in [9.17, 15) is 9.90 Å². The Balaban J connectivity index is 1.49. The number of aliphatic imine (C=N–C) groups is 1. The lowest BCUT2D eigenvalue weighted by Crippen LogP contribution is -2.36. The normalized spacial score (nSPS) is 18.8. The summed E-state index contributed by atoms with van der Waals surface area (Å²) in [5, 5.41) is 12.7. The van der Waals surface area contributed by atoms with Gasteiger partial charge in [0.1, 0.15) is 10.8 Å². The average Bonchev–Trinajstić information content (AvgIpc) is 3.19. The van der Waals surface area contributed by atoms with Crippen LogP contribution >= 0.6 is 11.8 Å². The van der Waals surface area contributed by atoms with Gasteiger partial charge < -0.3 is 9.84 Å². The number of carboxylic acid groups (broad SMARTS) is 1. The third kappa shape index (κ3) is 5.46. The van der Waals surface area contributed by atoms with E-state index in [1.54, 1.807) is 17.8 Å². The predicted octanol–water partition coefficient (Wildman–Crippen LogP) is 5.71. The molecule has 202 valence electrons. The quantitative estimate of drug-likeness (QED) is 0.415. The molecule has 1 aliphatic heterocycles. The van der Waals surface area contributed by atoms with Gasteiger partial charge in [0.15, 0.2) is 0 Å². The SMILES string of the molecule is CC1=C(C2C=c3nc(Oc4cc(CC(C)C)c(C)c(C(=O)O)c4)n(C)c3=CC2C)CSC(c2ccccc2)=N1. The molecule has 2 atom stereocenters. The molecule has 1 N–H and O–H groups in total. The summed E-state index contributed by atoms with van der Waals surface area (Å²) in [5.41, 5.74) is 5.59. The van der Waals surface area contributed by atoms with Crippen LogP contribution in [0.15, 0.2) is 58.7 Å². The largest absolute Gasteiger partial charge is 0.478 e. The lowest BCUT2D eigenvalue weighted by atomic mass is 9.84. The Morgan fingerprint density at radius 2 is 1.92 bits per heavy atom. The van der Waals surface area contributed by atoms with Gasteiger partial charge in [-0.1, -0.05) is 57.2 Å². The van der Waals surface area contributed by atoms with Crippen molar-refractivity contribution in [2.75, 3.05) is 5.75 Å². The van der Waals surface area contributed by atoms with Crippen LogP contribution in [0.25, 0.3) is 12.2 Å². The fourth-order valence-corrected chi connectivity index (χ4v) is 6.57. The van der Waals surface area contributed by atoms with Crippen molar-refractivity contribution in [3.8, 4) is 11.8 Å². The van der Waals surface area contributed by atoms with E-state index >= 15 is 0 Å². The van der Waals surface area contributed by atoms with Crippen molar-refractivity contribution >= 4 is 34.9 Å². The molecule has 0 saturated heterocycles. The summed E-state index contributed by atoms with van der Waals surface area (Å²) in [5.74, 6) is 1.30. The van der Waals surface area contributed by atoms with Gasteiger partial charge in [-0.25, -0.2) is 9.79 Å². The van der Waals surface area contributed by atoms with Gasteiger partial charge in [-0.05, 0) is 67.0 Å². The number of fused-ring (bicyclic) bond motifs is 1. The van der Waals surface area contributed by atoms with Crippen molar-refractivity contribution in [3.05, 3.63) is 86.7 Å². The lowest BCUT2D eigenvalue weighted by molar-refractivity contribution is 0.0695. The van der Waals surface area contributed by atoms with E-state index in [1.165, 1.54) is 5.57 Å². The second kappa shape index (κ2) is 10.9. The number of hydrogen-bond donors (Lipinski definition) is 1. The first-order valence-corrected chi connectivity index (χ1v) is 14.4. The summed E-state index contributed by atoms with van der Waals surface area (Å²) in [6.45, 7) is 10.4. The van der Waals surface area contributed by atoms with E-state index in [2.05, 4.69) is 52.0 Å². The van der Waals surface area contributed by atoms with Crippen molar-refractivity contribution in [1.82, 2.24) is 9.55 Å². The monoisotopic (exact) mass is 541 g/mol. The summed E-state index contributed by atoms with van der Waals surface area (Å²) in [7, 11) is 1.94. The smallest absolute Gasteiger partial charge is 0.336 e. The molecule has 2 unspecified atom stereocenters. The molecule has 7 heteroatoms. The van der Waals surface area contributed by atoms with Crippen LogP contribution in [-0.4, -0.2) is 31.4 Å². The number of rotatable bonds is 7. The first-order chi connectivity index (χ1) is 18.6. The Kier molecular flexibility index (Phi) is 7.54. The maximum Gasteiger partial charge on any atom is 0.336 e. The molecule has 0 saturated carbocycles. The highest BCUT2D eigenvalue weighted by Gasteiger charge is 2.27. The van der Waals surface area contributed by atoms with Crippen LogP contribution in [-0.2, 0) is 13.5 Å². The molecule has 6 nitrogen and oxygen atoms in total. The highest BCUT2D eigenvalue weighted by molar-refractivity contribution is 8.14. The molecule has 1 aliphatic carbocycles. The molecule has 2 aromatic carbocycles. The summed E-state index contributed by atoms with van der Waals surface area (Å²) in [6.07, 6.45) is 5.27. The molecular formula is C32H35N3O3S. The molecule has 3 aromatic rings. The highest BCUT2D eigenvalue weighted by Crippen LogP contribution is 2.35. The van der Waals surface area contributed by atoms with Gasteiger partial charge in [0.25, 0.3) is 0 Å². The maximum atomic E-state index is 11.9. The van der Waals surface area contributed by atoms with Crippen LogP contribution in [0, 0.1) is 24.7 Å². The number of thioether (sulfide) groups is 1. The summed E-state index contributed by atoms with van der Waals surface area (Å²) < 4.78 is 8.19. The van der Waals surface area contributed by atoms with E-state index in [-0.39, 0.29) is 17.4 Å². The summed E-state index contributed by atoms with van der Waals surface area (Å²) in [4.78, 5) is 21.7. The Bertz CT molecular complexity index is 1620. The molecule has 39 heavy (non-hydrogen) atoms. The number of aromatic nitrogens is 2. The van der Waals surface area contributed by atoms with Gasteiger partial charge in [0.2, 0.25) is 0 Å². The van der Waals surface area contributed by atoms with Gasteiger partial charge in [0.05, 0.1) is 16.3 Å². The number of nitrogens with zero attached hydrogens (tertiary/aromatic N) is 3. The third-order valence-corrected chi connectivity index (χ3v) is 8.59. The zero-order valence-electron chi connectivity index (χ0n) is 23.4. The molecule has 0 amide bonds. The number of hydrogen-bond acceptors (Lipinski definition) is 5. The van der Waals surface area contributed by atoms with E-state index < -0.39 is 5.97 Å². The fraction of sp³-hybridized carbons (Fsp3) is 0.344. The van der Waals surface area contributed by atoms with E-state index in [0.29, 0.717) is 17.7 Å². The standard InChI is InChI=1S/C32H35N3O3S/c1-18(2)12-23-14-24(15-26(20(23)4)31(36)37)38-32-34-28-16-25(19(3)13-29(28)35(32)6)27-17-39-30(33-21(27)5)22-10-8-7-9-11-22/h7-11,13-16,18-19,25H,12,17H2,1-6H3,(H,36,37). The minimum absolute atomic E-state index is 0.199. The topological polar surface area (TPSA) is 76.7 Å². The maximum absolute atomic E-state index is 11.9. The van der Waals surface area contributed by atoms with Crippen LogP contribution < -0.4 is 15.4 Å². The molecular weight excluding hydrogens is 506 g/mol. The second-order valence-corrected chi connectivity index (χ2v) is 11.8. The summed E-state index contributed by atoms with van der Waals surface area (Å²) >= 11 is 1.79. The molecule has 2 heterocycles. The molecule has 0 bridgehead atoms. The zero-order chi connectivity index (χ0) is 27.8. The Morgan fingerprint density at radius 3 is 2.59 bits per heavy atom. The molecule has 0 radical (unpaired) electrons. The lowest BCUT2D eigenvalue weighted by Gasteiger charge is -2.27. The number of aromatic carboxylic acids is 1. The van der Waals surface area contributed by atoms with Crippen LogP contribution in [0.5, 0.6) is 11.8 Å². The molecule has 0 spiro atoms. The number of carboxylic acids is 1. The number of ether oxygens (including phenoxy) is 1. The highest BCUT2D eigenvalue weighted by atomic mass is 32.2. The Labute approximate surface area is 233 Å². The van der Waals surface area contributed by atoms with Crippen molar-refractivity contribution in [2.45, 2.75) is 41.0 Å². The number of carbonyl (C=O) groups is 1. The van der Waals surface area contributed by atoms with Gasteiger partial charge >= 0.3 is 12.0 Å². The Hall–Kier alpha value is -3.58. The third-order valence-electron chi connectivity index (χ3n) is 7.53. The molecule has 1 aromatic heterocycles. The second-order valence-electron chi connectivity index (χ2n) is 10.9. The first-order valence-electron chi connectivity index (χ1n) is 13.4. The average molecular weight is 542 g/mol. The first kappa shape index (κ1) is 27.0. The molecule has 0 fully saturated rings. The van der Waals surface area contributed by atoms with Crippen LogP contribution in [0.2, 0.25) is 0 Å². The fourth-order valence-electron chi connectivity index (χ4n) is 5.37. The Morgan fingerprint density at radius 1 is 1.18 bits per heavy atom. The molecule has 2 aliphatic rings.